The van der Waals surface area contributed by atoms with Crippen molar-refractivity contribution < 1.29 is 0 Å². The van der Waals surface area contributed by atoms with Crippen LogP contribution in [-0.2, 0) is 0 Å². The van der Waals surface area contributed by atoms with Gasteiger partial charge in [0.15, 0.2) is 0 Å². The molecule has 0 aliphatic carbocycles. The van der Waals surface area contributed by atoms with Crippen LogP contribution in [0.4, 0.5) is 0 Å². The molecular formula is C12H26N2S. The van der Waals surface area contributed by atoms with E-state index in [1.807, 2.05) is 11.8 Å². The predicted octanol–water partition coefficient (Wildman–Crippen LogP) is 2.06. The minimum absolute atomic E-state index is 0.760. The van der Waals surface area contributed by atoms with Gasteiger partial charge in [0, 0.05) is 12.6 Å². The highest BCUT2D eigenvalue weighted by atomic mass is 32.2. The Morgan fingerprint density at radius 2 is 2.20 bits per heavy atom. The lowest BCUT2D eigenvalue weighted by Gasteiger charge is -2.35. The lowest BCUT2D eigenvalue weighted by molar-refractivity contribution is 0.175. The number of nitrogens with one attached hydrogen (secondary N) is 1. The third kappa shape index (κ3) is 5.23. The first-order chi connectivity index (χ1) is 7.24. The molecule has 0 radical (unpaired) electrons. The first-order valence-electron chi connectivity index (χ1n) is 6.15. The van der Waals surface area contributed by atoms with Crippen molar-refractivity contribution in [3.05, 3.63) is 0 Å². The summed E-state index contributed by atoms with van der Waals surface area (Å²) in [5.74, 6) is 2.12. The van der Waals surface area contributed by atoms with E-state index < -0.39 is 0 Å². The summed E-state index contributed by atoms with van der Waals surface area (Å²) in [6, 6.07) is 0.760. The summed E-state index contributed by atoms with van der Waals surface area (Å²) in [6.07, 6.45) is 6.20. The van der Waals surface area contributed by atoms with Gasteiger partial charge in [-0.1, -0.05) is 6.92 Å². The van der Waals surface area contributed by atoms with E-state index in [4.69, 9.17) is 0 Å². The van der Waals surface area contributed by atoms with Crippen LogP contribution in [0.15, 0.2) is 0 Å². The van der Waals surface area contributed by atoms with Crippen LogP contribution in [0.5, 0.6) is 0 Å². The Kier molecular flexibility index (Phi) is 6.69. The first kappa shape index (κ1) is 13.3. The lowest BCUT2D eigenvalue weighted by Crippen LogP contribution is -2.47. The summed E-state index contributed by atoms with van der Waals surface area (Å²) in [4.78, 5) is 2.44. The highest BCUT2D eigenvalue weighted by Crippen LogP contribution is 2.15. The van der Waals surface area contributed by atoms with Crippen molar-refractivity contribution in [1.82, 2.24) is 10.2 Å². The zero-order chi connectivity index (χ0) is 11.1. The third-order valence-corrected chi connectivity index (χ3v) is 3.99. The second kappa shape index (κ2) is 7.53. The minimum Gasteiger partial charge on any atom is -0.314 e. The molecule has 90 valence electrons. The second-order valence-corrected chi connectivity index (χ2v) is 5.77. The Bertz CT molecular complexity index is 164. The van der Waals surface area contributed by atoms with Crippen molar-refractivity contribution in [3.8, 4) is 0 Å². The highest BCUT2D eigenvalue weighted by molar-refractivity contribution is 7.98. The fourth-order valence-electron chi connectivity index (χ4n) is 2.32. The maximum Gasteiger partial charge on any atom is 0.0117 e. The van der Waals surface area contributed by atoms with Gasteiger partial charge in [-0.2, -0.15) is 11.8 Å². The zero-order valence-corrected chi connectivity index (χ0v) is 11.3. The Morgan fingerprint density at radius 3 is 2.87 bits per heavy atom. The SMILES string of the molecule is CSCCCCNC1CCN(C)CC1C. The topological polar surface area (TPSA) is 15.3 Å². The van der Waals surface area contributed by atoms with Crippen molar-refractivity contribution >= 4 is 11.8 Å². The van der Waals surface area contributed by atoms with Gasteiger partial charge in [-0.25, -0.2) is 0 Å². The van der Waals surface area contributed by atoms with E-state index in [0.717, 1.165) is 12.0 Å². The van der Waals surface area contributed by atoms with E-state index in [0.29, 0.717) is 0 Å². The molecule has 0 bridgehead atoms. The lowest BCUT2D eigenvalue weighted by atomic mass is 9.94. The standard InChI is InChI=1S/C12H26N2S/c1-11-10-14(2)8-6-12(11)13-7-4-5-9-15-3/h11-13H,4-10H2,1-3H3. The molecule has 2 atom stereocenters. The molecule has 1 heterocycles. The number of likely N-dealkylation sites (tertiary alicyclic amines) is 1. The van der Waals surface area contributed by atoms with Gasteiger partial charge in [0.1, 0.15) is 0 Å². The van der Waals surface area contributed by atoms with Gasteiger partial charge in [-0.15, -0.1) is 0 Å². The predicted molar refractivity (Wildman–Crippen MR) is 70.7 cm³/mol. The quantitative estimate of drug-likeness (QED) is 0.703. The molecule has 1 saturated heterocycles. The van der Waals surface area contributed by atoms with Crippen LogP contribution in [0.2, 0.25) is 0 Å². The van der Waals surface area contributed by atoms with Gasteiger partial charge < -0.3 is 10.2 Å². The molecule has 1 aliphatic rings. The van der Waals surface area contributed by atoms with Crippen LogP contribution < -0.4 is 5.32 Å². The molecule has 0 aromatic rings. The van der Waals surface area contributed by atoms with Crippen molar-refractivity contribution in [2.24, 2.45) is 5.92 Å². The Morgan fingerprint density at radius 1 is 1.40 bits per heavy atom. The van der Waals surface area contributed by atoms with E-state index >= 15 is 0 Å². The summed E-state index contributed by atoms with van der Waals surface area (Å²) in [7, 11) is 2.23. The van der Waals surface area contributed by atoms with Gasteiger partial charge in [-0.3, -0.25) is 0 Å². The van der Waals surface area contributed by atoms with Crippen LogP contribution in [-0.4, -0.2) is 49.6 Å². The summed E-state index contributed by atoms with van der Waals surface area (Å²) < 4.78 is 0. The average molecular weight is 230 g/mol. The average Bonchev–Trinajstić information content (AvgIpc) is 2.20. The van der Waals surface area contributed by atoms with Crippen LogP contribution in [0, 0.1) is 5.92 Å². The van der Waals surface area contributed by atoms with E-state index in [2.05, 4.69) is 30.4 Å². The van der Waals surface area contributed by atoms with Crippen molar-refractivity contribution in [3.63, 3.8) is 0 Å². The molecule has 0 saturated carbocycles. The third-order valence-electron chi connectivity index (χ3n) is 3.29. The fourth-order valence-corrected chi connectivity index (χ4v) is 2.81. The smallest absolute Gasteiger partial charge is 0.0117 e. The molecule has 2 nitrogen and oxygen atoms in total. The van der Waals surface area contributed by atoms with E-state index in [1.165, 1.54) is 44.6 Å². The molecule has 2 unspecified atom stereocenters. The van der Waals surface area contributed by atoms with Gasteiger partial charge in [0.25, 0.3) is 0 Å². The summed E-state index contributed by atoms with van der Waals surface area (Å²) in [5, 5.41) is 3.71. The molecule has 1 fully saturated rings. The van der Waals surface area contributed by atoms with Crippen molar-refractivity contribution in [2.45, 2.75) is 32.2 Å². The van der Waals surface area contributed by atoms with Gasteiger partial charge in [0.05, 0.1) is 0 Å². The number of nitrogens with zero attached hydrogens (tertiary/aromatic N) is 1. The summed E-state index contributed by atoms with van der Waals surface area (Å²) in [6.45, 7) is 6.09. The minimum atomic E-state index is 0.760. The fraction of sp³-hybridized carbons (Fsp3) is 1.00. The summed E-state index contributed by atoms with van der Waals surface area (Å²) in [5.41, 5.74) is 0. The Labute approximate surface area is 99.2 Å². The largest absolute Gasteiger partial charge is 0.314 e. The van der Waals surface area contributed by atoms with Crippen LogP contribution in [0.3, 0.4) is 0 Å². The van der Waals surface area contributed by atoms with E-state index in [-0.39, 0.29) is 0 Å². The van der Waals surface area contributed by atoms with E-state index in [1.54, 1.807) is 0 Å². The maximum absolute atomic E-state index is 3.71. The molecular weight excluding hydrogens is 204 g/mol. The normalized spacial score (nSPS) is 28.2. The highest BCUT2D eigenvalue weighted by Gasteiger charge is 2.22. The summed E-state index contributed by atoms with van der Waals surface area (Å²) >= 11 is 1.95. The van der Waals surface area contributed by atoms with Gasteiger partial charge in [-0.05, 0) is 57.3 Å². The molecule has 0 aromatic heterocycles. The molecule has 0 spiro atoms. The molecule has 0 amide bonds. The molecule has 1 aliphatic heterocycles. The molecule has 1 rings (SSSR count). The molecule has 1 N–H and O–H groups in total. The monoisotopic (exact) mass is 230 g/mol. The van der Waals surface area contributed by atoms with Gasteiger partial charge >= 0.3 is 0 Å². The number of piperidine rings is 1. The second-order valence-electron chi connectivity index (χ2n) is 4.79. The number of hydrogen-bond acceptors (Lipinski definition) is 3. The Hall–Kier alpha value is 0.270. The number of hydrogen-bond donors (Lipinski definition) is 1. The van der Waals surface area contributed by atoms with Crippen molar-refractivity contribution in [2.75, 3.05) is 38.7 Å². The first-order valence-corrected chi connectivity index (χ1v) is 7.54. The number of rotatable bonds is 6. The van der Waals surface area contributed by atoms with Crippen LogP contribution in [0.25, 0.3) is 0 Å². The van der Waals surface area contributed by atoms with Crippen molar-refractivity contribution in [1.29, 1.82) is 0 Å². The van der Waals surface area contributed by atoms with Crippen LogP contribution in [0.1, 0.15) is 26.2 Å². The van der Waals surface area contributed by atoms with E-state index in [9.17, 15) is 0 Å². The van der Waals surface area contributed by atoms with Crippen LogP contribution >= 0.6 is 11.8 Å². The van der Waals surface area contributed by atoms with Gasteiger partial charge in [0.2, 0.25) is 0 Å². The molecule has 15 heavy (non-hydrogen) atoms. The Balaban J connectivity index is 2.05. The number of thioether (sulfide) groups is 1. The number of unbranched alkanes of at least 4 members (excludes halogenated alkanes) is 1. The molecule has 0 aromatic carbocycles. The molecule has 3 heteroatoms. The maximum atomic E-state index is 3.71. The zero-order valence-electron chi connectivity index (χ0n) is 10.5.